The van der Waals surface area contributed by atoms with Gasteiger partial charge in [0.05, 0.1) is 25.4 Å². The van der Waals surface area contributed by atoms with Gasteiger partial charge in [-0.25, -0.2) is 4.79 Å². The Bertz CT molecular complexity index is 481. The van der Waals surface area contributed by atoms with Gasteiger partial charge in [0.25, 0.3) is 0 Å². The van der Waals surface area contributed by atoms with Crippen LogP contribution in [0.3, 0.4) is 0 Å². The van der Waals surface area contributed by atoms with Gasteiger partial charge in [-0.05, 0) is 39.3 Å². The van der Waals surface area contributed by atoms with Crippen LogP contribution in [0.25, 0.3) is 0 Å². The van der Waals surface area contributed by atoms with E-state index in [0.29, 0.717) is 18.0 Å². The topological polar surface area (TPSA) is 52.0 Å². The van der Waals surface area contributed by atoms with Crippen molar-refractivity contribution in [2.75, 3.05) is 31.6 Å². The second-order valence-corrected chi connectivity index (χ2v) is 6.05. The van der Waals surface area contributed by atoms with Crippen LogP contribution in [0.4, 0.5) is 10.5 Å². The number of ether oxygens (including phenoxy) is 2. The Hall–Kier alpha value is -1.46. The fraction of sp³-hybridized carbons (Fsp3) is 0.632. The van der Waals surface area contributed by atoms with E-state index in [4.69, 9.17) is 9.47 Å². The van der Waals surface area contributed by atoms with Crippen molar-refractivity contribution in [2.45, 2.75) is 53.1 Å². The minimum absolute atomic E-state index is 0. The Kier molecular flexibility index (Phi) is 13.0. The maximum absolute atomic E-state index is 12.1. The van der Waals surface area contributed by atoms with Gasteiger partial charge in [-0.2, -0.15) is 0 Å². The summed E-state index contributed by atoms with van der Waals surface area (Å²) in [4.78, 5) is 13.5. The normalized spacial score (nSPS) is 11.6. The smallest absolute Gasteiger partial charge is 0.412 e. The molecule has 25 heavy (non-hydrogen) atoms. The third kappa shape index (κ3) is 9.56. The lowest BCUT2D eigenvalue weighted by Crippen LogP contribution is -3.12. The molecule has 1 aromatic rings. The number of hydrogen-bond acceptors (Lipinski definition) is 3. The summed E-state index contributed by atoms with van der Waals surface area (Å²) in [6, 6.07) is 7.47. The summed E-state index contributed by atoms with van der Waals surface area (Å²) in [6.45, 7) is 11.9. The zero-order chi connectivity index (χ0) is 17.8. The fourth-order valence-corrected chi connectivity index (χ4v) is 2.54. The van der Waals surface area contributed by atoms with E-state index in [0.717, 1.165) is 38.9 Å². The quantitative estimate of drug-likeness (QED) is 0.543. The molecular formula is C19H33ClN2O3. The van der Waals surface area contributed by atoms with Crippen LogP contribution >= 0.6 is 0 Å². The summed E-state index contributed by atoms with van der Waals surface area (Å²) in [5.41, 5.74) is 0.654. The Morgan fingerprint density at radius 1 is 1.16 bits per heavy atom. The summed E-state index contributed by atoms with van der Waals surface area (Å²) in [6.07, 6.45) is 2.75. The van der Waals surface area contributed by atoms with Gasteiger partial charge in [-0.15, -0.1) is 0 Å². The molecule has 0 bridgehead atoms. The number of para-hydroxylation sites is 2. The van der Waals surface area contributed by atoms with Crippen LogP contribution in [-0.2, 0) is 4.74 Å². The van der Waals surface area contributed by atoms with Crippen molar-refractivity contribution >= 4 is 11.8 Å². The van der Waals surface area contributed by atoms with Crippen LogP contribution < -0.4 is 27.4 Å². The molecule has 1 atom stereocenters. The Morgan fingerprint density at radius 2 is 1.84 bits per heavy atom. The molecule has 1 amide bonds. The Balaban J connectivity index is 0.00000576. The average Bonchev–Trinajstić information content (AvgIpc) is 2.57. The van der Waals surface area contributed by atoms with Crippen LogP contribution in [0.5, 0.6) is 5.75 Å². The Morgan fingerprint density at radius 3 is 2.48 bits per heavy atom. The summed E-state index contributed by atoms with van der Waals surface area (Å²) in [5, 5.41) is 2.80. The summed E-state index contributed by atoms with van der Waals surface area (Å²) in [5.74, 6) is 0.688. The van der Waals surface area contributed by atoms with Crippen molar-refractivity contribution in [3.05, 3.63) is 24.3 Å². The number of anilines is 1. The van der Waals surface area contributed by atoms with Crippen LogP contribution in [-0.4, -0.2) is 38.4 Å². The summed E-state index contributed by atoms with van der Waals surface area (Å²) < 4.78 is 11.2. The molecule has 0 fully saturated rings. The van der Waals surface area contributed by atoms with Crippen LogP contribution in [0.1, 0.15) is 47.0 Å². The number of benzene rings is 1. The second-order valence-electron chi connectivity index (χ2n) is 6.05. The molecule has 0 aromatic heterocycles. The molecule has 6 heteroatoms. The molecule has 0 aliphatic rings. The number of quaternary nitrogens is 1. The average molecular weight is 373 g/mol. The highest BCUT2D eigenvalue weighted by molar-refractivity contribution is 5.86. The molecule has 1 aromatic carbocycles. The third-order valence-electron chi connectivity index (χ3n) is 4.01. The van der Waals surface area contributed by atoms with Crippen LogP contribution in [0, 0.1) is 0 Å². The van der Waals surface area contributed by atoms with Gasteiger partial charge in [-0.1, -0.05) is 31.9 Å². The molecule has 2 N–H and O–H groups in total. The third-order valence-corrected chi connectivity index (χ3v) is 4.01. The lowest BCUT2D eigenvalue weighted by molar-refractivity contribution is -0.899. The van der Waals surface area contributed by atoms with Gasteiger partial charge in [0.15, 0.2) is 0 Å². The van der Waals surface area contributed by atoms with Crippen LogP contribution in [0.2, 0.25) is 0 Å². The van der Waals surface area contributed by atoms with Gasteiger partial charge in [0.1, 0.15) is 18.4 Å². The molecule has 0 aliphatic carbocycles. The largest absolute Gasteiger partial charge is 1.00 e. The molecule has 1 rings (SSSR count). The summed E-state index contributed by atoms with van der Waals surface area (Å²) >= 11 is 0. The zero-order valence-electron chi connectivity index (χ0n) is 15.9. The van der Waals surface area contributed by atoms with E-state index in [9.17, 15) is 4.79 Å². The minimum Gasteiger partial charge on any atom is -1.00 e. The van der Waals surface area contributed by atoms with Gasteiger partial charge >= 0.3 is 6.09 Å². The maximum Gasteiger partial charge on any atom is 0.412 e. The van der Waals surface area contributed by atoms with Crippen molar-refractivity contribution in [1.29, 1.82) is 0 Å². The first-order valence-electron chi connectivity index (χ1n) is 9.13. The van der Waals surface area contributed by atoms with Crippen LogP contribution in [0.15, 0.2) is 24.3 Å². The first-order chi connectivity index (χ1) is 11.6. The number of nitrogens with one attached hydrogen (secondary N) is 2. The molecule has 0 spiro atoms. The maximum atomic E-state index is 12.1. The van der Waals surface area contributed by atoms with Gasteiger partial charge in [0, 0.05) is 0 Å². The predicted molar refractivity (Wildman–Crippen MR) is 97.9 cm³/mol. The highest BCUT2D eigenvalue weighted by Crippen LogP contribution is 2.24. The number of carbonyl (C=O) groups is 1. The lowest BCUT2D eigenvalue weighted by Gasteiger charge is -2.20. The molecule has 0 heterocycles. The van der Waals surface area contributed by atoms with Crippen molar-refractivity contribution in [1.82, 2.24) is 0 Å². The number of hydrogen-bond donors (Lipinski definition) is 2. The summed E-state index contributed by atoms with van der Waals surface area (Å²) in [7, 11) is 0. The molecule has 0 aliphatic heterocycles. The first-order valence-corrected chi connectivity index (χ1v) is 9.13. The number of carbonyl (C=O) groups excluding carboxylic acids is 1. The molecule has 1 unspecified atom stereocenters. The lowest BCUT2D eigenvalue weighted by atomic mass is 10.2. The SMILES string of the molecule is CCCCCOc1ccccc1NC(=O)OC(C)C[NH+](CC)CC.[Cl-]. The molecule has 0 saturated heterocycles. The van der Waals surface area contributed by atoms with Gasteiger partial charge in [-0.3, -0.25) is 5.32 Å². The van der Waals surface area contributed by atoms with E-state index in [-0.39, 0.29) is 18.5 Å². The molecular weight excluding hydrogens is 340 g/mol. The van der Waals surface area contributed by atoms with Crippen molar-refractivity contribution in [3.8, 4) is 5.75 Å². The van der Waals surface area contributed by atoms with Crippen molar-refractivity contribution < 1.29 is 31.6 Å². The number of amides is 1. The van der Waals surface area contributed by atoms with E-state index >= 15 is 0 Å². The standard InChI is InChI=1S/C19H32N2O3.ClH/c1-5-8-11-14-23-18-13-10-9-12-17(18)20-19(22)24-16(4)15-21(6-2)7-3;/h9-10,12-13,16H,5-8,11,14-15H2,1-4H3,(H,20,22);1H. The van der Waals surface area contributed by atoms with E-state index in [1.54, 1.807) is 0 Å². The van der Waals surface area contributed by atoms with Gasteiger partial charge < -0.3 is 26.8 Å². The Labute approximate surface area is 158 Å². The highest BCUT2D eigenvalue weighted by Gasteiger charge is 2.16. The molecule has 5 nitrogen and oxygen atoms in total. The van der Waals surface area contributed by atoms with E-state index in [1.807, 2.05) is 31.2 Å². The molecule has 0 saturated carbocycles. The molecule has 0 radical (unpaired) electrons. The van der Waals surface area contributed by atoms with E-state index in [1.165, 1.54) is 4.90 Å². The van der Waals surface area contributed by atoms with Crippen molar-refractivity contribution in [3.63, 3.8) is 0 Å². The monoisotopic (exact) mass is 372 g/mol. The predicted octanol–water partition coefficient (Wildman–Crippen LogP) is 0.121. The number of rotatable bonds is 11. The number of unbranched alkanes of at least 4 members (excludes halogenated alkanes) is 2. The van der Waals surface area contributed by atoms with Gasteiger partial charge in [0.2, 0.25) is 0 Å². The van der Waals surface area contributed by atoms with E-state index < -0.39 is 6.09 Å². The zero-order valence-corrected chi connectivity index (χ0v) is 16.7. The number of halogens is 1. The van der Waals surface area contributed by atoms with E-state index in [2.05, 4.69) is 26.1 Å². The highest BCUT2D eigenvalue weighted by atomic mass is 35.5. The number of likely N-dealkylation sites (N-methyl/N-ethyl adjacent to an activating group) is 1. The second kappa shape index (κ2) is 13.8. The minimum atomic E-state index is -0.432. The first kappa shape index (κ1) is 23.5. The molecule has 144 valence electrons. The van der Waals surface area contributed by atoms with Crippen molar-refractivity contribution in [2.24, 2.45) is 0 Å². The fourth-order valence-electron chi connectivity index (χ4n) is 2.54.